The van der Waals surface area contributed by atoms with E-state index in [9.17, 15) is 19.1 Å². The highest BCUT2D eigenvalue weighted by Crippen LogP contribution is 2.47. The number of ether oxygens (including phenoxy) is 3. The van der Waals surface area contributed by atoms with Crippen LogP contribution in [0.15, 0.2) is 54.6 Å². The highest BCUT2D eigenvalue weighted by Gasteiger charge is 2.48. The van der Waals surface area contributed by atoms with Gasteiger partial charge in [-0.1, -0.05) is 32.0 Å². The fourth-order valence-electron chi connectivity index (χ4n) is 6.15. The summed E-state index contributed by atoms with van der Waals surface area (Å²) in [4.78, 5) is 28.4. The quantitative estimate of drug-likeness (QED) is 0.297. The van der Waals surface area contributed by atoms with E-state index in [0.29, 0.717) is 66.7 Å². The Kier molecular flexibility index (Phi) is 9.47. The second kappa shape index (κ2) is 13.4. The molecule has 2 aliphatic rings. The number of halogens is 1. The largest absolute Gasteiger partial charge is 0.491 e. The van der Waals surface area contributed by atoms with E-state index in [-0.39, 0.29) is 31.5 Å². The summed E-state index contributed by atoms with van der Waals surface area (Å²) in [7, 11) is 0. The van der Waals surface area contributed by atoms with E-state index in [0.717, 1.165) is 11.1 Å². The number of aliphatic carboxylic acids is 1. The maximum Gasteiger partial charge on any atom is 0.309 e. The average Bonchev–Trinajstić information content (AvgIpc) is 3.39. The maximum absolute atomic E-state index is 14.2. The lowest BCUT2D eigenvalue weighted by Gasteiger charge is -2.27. The van der Waals surface area contributed by atoms with Crippen molar-refractivity contribution in [3.05, 3.63) is 82.7 Å². The molecule has 2 heterocycles. The van der Waals surface area contributed by atoms with Crippen LogP contribution in [0.1, 0.15) is 48.1 Å². The second-order valence-electron chi connectivity index (χ2n) is 10.7. The normalized spacial score (nSPS) is 19.7. The lowest BCUT2D eigenvalue weighted by atomic mass is 9.82. The summed E-state index contributed by atoms with van der Waals surface area (Å²) in [6.45, 7) is 4.93. The third kappa shape index (κ3) is 6.60. The molecule has 0 bridgehead atoms. The number of aryl methyl sites for hydroxylation is 2. The number of carboxylic acids is 1. The van der Waals surface area contributed by atoms with E-state index in [4.69, 9.17) is 19.3 Å². The molecule has 43 heavy (non-hydrogen) atoms. The van der Waals surface area contributed by atoms with Crippen LogP contribution in [0.25, 0.3) is 0 Å². The number of hydrogen-bond donors (Lipinski definition) is 3. The Balaban J connectivity index is 1.48. The van der Waals surface area contributed by atoms with E-state index in [2.05, 4.69) is 5.32 Å². The number of aliphatic hydroxyl groups is 1. The Labute approximate surface area is 250 Å². The smallest absolute Gasteiger partial charge is 0.309 e. The number of carboxylic acid groups (broad SMARTS) is 1. The van der Waals surface area contributed by atoms with Crippen molar-refractivity contribution >= 4 is 17.6 Å². The summed E-state index contributed by atoms with van der Waals surface area (Å²) in [5.41, 5.74) is 3.53. The molecule has 2 aliphatic heterocycles. The number of carbonyl (C=O) groups excluding carboxylic acids is 1. The molecular formula is C33H37FN2O7. The van der Waals surface area contributed by atoms with Crippen molar-refractivity contribution in [2.45, 2.75) is 38.6 Å². The van der Waals surface area contributed by atoms with Crippen molar-refractivity contribution in [1.82, 2.24) is 4.90 Å². The molecule has 0 unspecified atom stereocenters. The van der Waals surface area contributed by atoms with Crippen molar-refractivity contribution in [2.24, 2.45) is 5.92 Å². The molecule has 0 aromatic heterocycles. The zero-order valence-electron chi connectivity index (χ0n) is 24.3. The molecule has 0 spiro atoms. The zero-order chi connectivity index (χ0) is 30.5. The molecule has 3 aromatic carbocycles. The maximum atomic E-state index is 14.2. The summed E-state index contributed by atoms with van der Waals surface area (Å²) >= 11 is 0. The number of amides is 1. The highest BCUT2D eigenvalue weighted by molar-refractivity contribution is 5.94. The number of benzene rings is 3. The van der Waals surface area contributed by atoms with Gasteiger partial charge in [-0.3, -0.25) is 14.5 Å². The standard InChI is InChI=1S/C33H37FN2O7/c1-3-20-15-24(34)16-21(4-2)31(20)35-29(38)19-36-18-26(23-7-10-27-28(17-23)43-14-13-42-27)30(33(39)40)32(36)22-5-8-25(9-6-22)41-12-11-37/h5-10,15-17,26,30,32,37H,3-4,11-14,18-19H2,1-2H3,(H,35,38)(H,39,40)/t26-,30-,32+/m1/s1. The summed E-state index contributed by atoms with van der Waals surface area (Å²) in [5, 5.41) is 22.7. The zero-order valence-corrected chi connectivity index (χ0v) is 24.3. The van der Waals surface area contributed by atoms with Gasteiger partial charge >= 0.3 is 5.97 Å². The lowest BCUT2D eigenvalue weighted by Crippen LogP contribution is -2.35. The first-order chi connectivity index (χ1) is 20.8. The van der Waals surface area contributed by atoms with Crippen LogP contribution in [-0.4, -0.2) is 66.5 Å². The second-order valence-corrected chi connectivity index (χ2v) is 10.7. The van der Waals surface area contributed by atoms with Gasteiger partial charge in [0.25, 0.3) is 0 Å². The number of fused-ring (bicyclic) bond motifs is 1. The fraction of sp³-hybridized carbons (Fsp3) is 0.394. The molecule has 3 atom stereocenters. The molecule has 0 saturated carbocycles. The van der Waals surface area contributed by atoms with Gasteiger partial charge in [0, 0.05) is 24.2 Å². The number of nitrogens with zero attached hydrogens (tertiary/aromatic N) is 1. The first-order valence-electron chi connectivity index (χ1n) is 14.6. The molecule has 1 saturated heterocycles. The SMILES string of the molecule is CCc1cc(F)cc(CC)c1NC(=O)CN1C[C@H](c2ccc3c(c2)OCCO3)[C@@H](C(=O)O)[C@@H]1c1ccc(OCCO)cc1. The summed E-state index contributed by atoms with van der Waals surface area (Å²) in [6, 6.07) is 14.8. The predicted octanol–water partition coefficient (Wildman–Crippen LogP) is 4.57. The topological polar surface area (TPSA) is 118 Å². The Morgan fingerprint density at radius 2 is 1.63 bits per heavy atom. The third-order valence-corrected chi connectivity index (χ3v) is 8.10. The average molecular weight is 593 g/mol. The van der Waals surface area contributed by atoms with Crippen LogP contribution in [0.4, 0.5) is 10.1 Å². The molecule has 0 aliphatic carbocycles. The number of anilines is 1. The van der Waals surface area contributed by atoms with Crippen LogP contribution in [0.2, 0.25) is 0 Å². The Bertz CT molecular complexity index is 1440. The van der Waals surface area contributed by atoms with Gasteiger partial charge in [-0.15, -0.1) is 0 Å². The van der Waals surface area contributed by atoms with Gasteiger partial charge in [-0.05, 0) is 71.5 Å². The van der Waals surface area contributed by atoms with Crippen molar-refractivity contribution in [3.8, 4) is 17.2 Å². The van der Waals surface area contributed by atoms with Crippen LogP contribution in [-0.2, 0) is 22.4 Å². The summed E-state index contributed by atoms with van der Waals surface area (Å²) in [5.74, 6) is -1.22. The Morgan fingerprint density at radius 3 is 2.26 bits per heavy atom. The molecule has 9 nitrogen and oxygen atoms in total. The van der Waals surface area contributed by atoms with E-state index in [1.807, 2.05) is 30.9 Å². The molecule has 1 amide bonds. The van der Waals surface area contributed by atoms with Crippen LogP contribution in [0.3, 0.4) is 0 Å². The monoisotopic (exact) mass is 592 g/mol. The number of nitrogens with one attached hydrogen (secondary N) is 1. The minimum absolute atomic E-state index is 0.0675. The van der Waals surface area contributed by atoms with Crippen molar-refractivity contribution in [1.29, 1.82) is 0 Å². The molecule has 3 aromatic rings. The number of carbonyl (C=O) groups is 2. The van der Waals surface area contributed by atoms with Crippen LogP contribution in [0.5, 0.6) is 17.2 Å². The van der Waals surface area contributed by atoms with E-state index in [1.54, 1.807) is 30.3 Å². The first kappa shape index (κ1) is 30.3. The number of aliphatic hydroxyl groups excluding tert-OH is 1. The minimum Gasteiger partial charge on any atom is -0.491 e. The molecule has 1 fully saturated rings. The fourth-order valence-corrected chi connectivity index (χ4v) is 6.15. The molecule has 10 heteroatoms. The van der Waals surface area contributed by atoms with Crippen LogP contribution >= 0.6 is 0 Å². The summed E-state index contributed by atoms with van der Waals surface area (Å²) in [6.07, 6.45) is 1.09. The van der Waals surface area contributed by atoms with Gasteiger partial charge in [-0.25, -0.2) is 4.39 Å². The highest BCUT2D eigenvalue weighted by atomic mass is 19.1. The number of likely N-dealkylation sites (tertiary alicyclic amines) is 1. The summed E-state index contributed by atoms with van der Waals surface area (Å²) < 4.78 is 31.1. The van der Waals surface area contributed by atoms with Crippen molar-refractivity contribution < 1.29 is 38.4 Å². The van der Waals surface area contributed by atoms with Gasteiger partial charge in [0.15, 0.2) is 11.5 Å². The van der Waals surface area contributed by atoms with E-state index >= 15 is 0 Å². The predicted molar refractivity (Wildman–Crippen MR) is 158 cm³/mol. The molecule has 0 radical (unpaired) electrons. The minimum atomic E-state index is -0.978. The van der Waals surface area contributed by atoms with Crippen molar-refractivity contribution in [3.63, 3.8) is 0 Å². The van der Waals surface area contributed by atoms with Gasteiger partial charge in [0.05, 0.1) is 19.1 Å². The molecule has 5 rings (SSSR count). The van der Waals surface area contributed by atoms with Crippen LogP contribution < -0.4 is 19.5 Å². The van der Waals surface area contributed by atoms with Crippen molar-refractivity contribution in [2.75, 3.05) is 44.8 Å². The number of hydrogen-bond acceptors (Lipinski definition) is 7. The first-order valence-corrected chi connectivity index (χ1v) is 14.6. The Hall–Kier alpha value is -4.15. The Morgan fingerprint density at radius 1 is 0.977 bits per heavy atom. The van der Waals surface area contributed by atoms with E-state index < -0.39 is 23.8 Å². The van der Waals surface area contributed by atoms with Gasteiger partial charge in [0.2, 0.25) is 5.91 Å². The van der Waals surface area contributed by atoms with Gasteiger partial charge < -0.3 is 29.7 Å². The molecule has 3 N–H and O–H groups in total. The molecular weight excluding hydrogens is 555 g/mol. The number of rotatable bonds is 11. The third-order valence-electron chi connectivity index (χ3n) is 8.10. The molecule has 228 valence electrons. The lowest BCUT2D eigenvalue weighted by molar-refractivity contribution is -0.143. The van der Waals surface area contributed by atoms with Gasteiger partial charge in [-0.2, -0.15) is 0 Å². The van der Waals surface area contributed by atoms with Crippen LogP contribution in [0, 0.1) is 11.7 Å². The van der Waals surface area contributed by atoms with Gasteiger partial charge in [0.1, 0.15) is 31.4 Å². The van der Waals surface area contributed by atoms with E-state index in [1.165, 1.54) is 12.1 Å².